The van der Waals surface area contributed by atoms with Crippen LogP contribution in [0.3, 0.4) is 0 Å². The van der Waals surface area contributed by atoms with Gasteiger partial charge < -0.3 is 16.2 Å². The summed E-state index contributed by atoms with van der Waals surface area (Å²) in [6, 6.07) is 0. The van der Waals surface area contributed by atoms with E-state index in [2.05, 4.69) is 14.7 Å². The molecule has 0 amide bonds. The molecule has 1 aromatic rings. The maximum atomic E-state index is 10.9. The number of anilines is 2. The normalized spacial score (nSPS) is 9.42. The maximum absolute atomic E-state index is 10.9. The number of nitrogen functional groups attached to an aromatic ring is 2. The molecule has 1 aromatic heterocycles. The number of ether oxygens (including phenoxy) is 1. The van der Waals surface area contributed by atoms with Gasteiger partial charge in [-0.1, -0.05) is 0 Å². The SMILES string of the molecule is COC(=O)c1nc(N)ncc1N. The fraction of sp³-hybridized carbons (Fsp3) is 0.167. The van der Waals surface area contributed by atoms with E-state index in [1.54, 1.807) is 0 Å². The van der Waals surface area contributed by atoms with Gasteiger partial charge in [-0.2, -0.15) is 0 Å². The maximum Gasteiger partial charge on any atom is 0.359 e. The molecule has 0 saturated heterocycles. The quantitative estimate of drug-likeness (QED) is 0.544. The van der Waals surface area contributed by atoms with Crippen LogP contribution in [-0.4, -0.2) is 23.0 Å². The molecule has 1 heterocycles. The third-order valence-corrected chi connectivity index (χ3v) is 1.21. The second kappa shape index (κ2) is 3.04. The smallest absolute Gasteiger partial charge is 0.359 e. The van der Waals surface area contributed by atoms with E-state index in [4.69, 9.17) is 11.5 Å². The van der Waals surface area contributed by atoms with Crippen LogP contribution in [0.15, 0.2) is 6.20 Å². The minimum absolute atomic E-state index is 0.00926. The molecule has 0 aromatic carbocycles. The van der Waals surface area contributed by atoms with Crippen molar-refractivity contribution in [2.75, 3.05) is 18.6 Å². The number of nitrogens with two attached hydrogens (primary N) is 2. The van der Waals surface area contributed by atoms with Gasteiger partial charge in [0.1, 0.15) is 0 Å². The predicted molar refractivity (Wildman–Crippen MR) is 42.2 cm³/mol. The van der Waals surface area contributed by atoms with E-state index in [-0.39, 0.29) is 17.3 Å². The van der Waals surface area contributed by atoms with Crippen molar-refractivity contribution in [3.8, 4) is 0 Å². The second-order valence-electron chi connectivity index (χ2n) is 2.02. The number of hydrogen-bond donors (Lipinski definition) is 2. The van der Waals surface area contributed by atoms with E-state index < -0.39 is 5.97 Å². The Morgan fingerprint density at radius 2 is 2.25 bits per heavy atom. The van der Waals surface area contributed by atoms with Crippen LogP contribution in [-0.2, 0) is 4.74 Å². The first-order valence-electron chi connectivity index (χ1n) is 3.11. The standard InChI is InChI=1S/C6H8N4O2/c1-12-5(11)4-3(7)2-9-6(8)10-4/h2H,7H2,1H3,(H2,8,9,10). The van der Waals surface area contributed by atoms with Crippen molar-refractivity contribution in [2.24, 2.45) is 0 Å². The van der Waals surface area contributed by atoms with Crippen molar-refractivity contribution < 1.29 is 9.53 Å². The molecule has 0 bridgehead atoms. The van der Waals surface area contributed by atoms with Crippen LogP contribution in [0.25, 0.3) is 0 Å². The summed E-state index contributed by atoms with van der Waals surface area (Å²) in [4.78, 5) is 18.1. The van der Waals surface area contributed by atoms with Crippen molar-refractivity contribution >= 4 is 17.6 Å². The molecule has 0 aliphatic heterocycles. The van der Waals surface area contributed by atoms with Gasteiger partial charge in [0.05, 0.1) is 19.0 Å². The van der Waals surface area contributed by atoms with Crippen molar-refractivity contribution in [3.63, 3.8) is 0 Å². The van der Waals surface area contributed by atoms with Gasteiger partial charge in [0.15, 0.2) is 5.69 Å². The van der Waals surface area contributed by atoms with Crippen LogP contribution in [0.4, 0.5) is 11.6 Å². The molecule has 0 fully saturated rings. The highest BCUT2D eigenvalue weighted by atomic mass is 16.5. The van der Waals surface area contributed by atoms with Gasteiger partial charge >= 0.3 is 5.97 Å². The molecule has 6 nitrogen and oxygen atoms in total. The van der Waals surface area contributed by atoms with Crippen LogP contribution in [0.5, 0.6) is 0 Å². The Morgan fingerprint density at radius 1 is 1.58 bits per heavy atom. The Balaban J connectivity index is 3.13. The average molecular weight is 168 g/mol. The predicted octanol–water partition coefficient (Wildman–Crippen LogP) is -0.572. The average Bonchev–Trinajstić information content (AvgIpc) is 2.08. The molecular formula is C6H8N4O2. The largest absolute Gasteiger partial charge is 0.464 e. The zero-order valence-electron chi connectivity index (χ0n) is 6.44. The lowest BCUT2D eigenvalue weighted by atomic mass is 10.3. The number of hydrogen-bond acceptors (Lipinski definition) is 6. The highest BCUT2D eigenvalue weighted by Gasteiger charge is 2.12. The number of methoxy groups -OCH3 is 1. The molecule has 0 radical (unpaired) electrons. The number of carbonyl (C=O) groups is 1. The van der Waals surface area contributed by atoms with Crippen molar-refractivity contribution in [1.29, 1.82) is 0 Å². The van der Waals surface area contributed by atoms with Crippen LogP contribution in [0, 0.1) is 0 Å². The Labute approximate surface area is 68.6 Å². The van der Waals surface area contributed by atoms with Crippen molar-refractivity contribution in [1.82, 2.24) is 9.97 Å². The van der Waals surface area contributed by atoms with Crippen LogP contribution < -0.4 is 11.5 Å². The molecule has 12 heavy (non-hydrogen) atoms. The Bertz CT molecular complexity index is 312. The zero-order valence-corrected chi connectivity index (χ0v) is 6.44. The van der Waals surface area contributed by atoms with Crippen molar-refractivity contribution in [3.05, 3.63) is 11.9 Å². The first-order chi connectivity index (χ1) is 5.65. The van der Waals surface area contributed by atoms with E-state index in [0.29, 0.717) is 0 Å². The molecule has 64 valence electrons. The Kier molecular flexibility index (Phi) is 2.09. The van der Waals surface area contributed by atoms with Crippen LogP contribution in [0.2, 0.25) is 0 Å². The number of aromatic nitrogens is 2. The Morgan fingerprint density at radius 3 is 2.83 bits per heavy atom. The summed E-state index contributed by atoms with van der Waals surface area (Å²) in [5.74, 6) is -0.633. The third kappa shape index (κ3) is 1.42. The minimum atomic E-state index is -0.624. The van der Waals surface area contributed by atoms with Crippen LogP contribution in [0.1, 0.15) is 10.5 Å². The number of nitrogens with zero attached hydrogens (tertiary/aromatic N) is 2. The third-order valence-electron chi connectivity index (χ3n) is 1.21. The lowest BCUT2D eigenvalue weighted by molar-refractivity contribution is 0.0595. The Hall–Kier alpha value is -1.85. The van der Waals surface area contributed by atoms with Gasteiger partial charge in [-0.3, -0.25) is 0 Å². The van der Waals surface area contributed by atoms with Gasteiger partial charge in [-0.25, -0.2) is 14.8 Å². The molecule has 6 heteroatoms. The van der Waals surface area contributed by atoms with E-state index in [0.717, 1.165) is 0 Å². The van der Waals surface area contributed by atoms with Gasteiger partial charge in [0, 0.05) is 0 Å². The highest BCUT2D eigenvalue weighted by Crippen LogP contribution is 2.08. The minimum Gasteiger partial charge on any atom is -0.464 e. The summed E-state index contributed by atoms with van der Waals surface area (Å²) < 4.78 is 4.41. The topological polar surface area (TPSA) is 104 Å². The summed E-state index contributed by atoms with van der Waals surface area (Å²) in [6.07, 6.45) is 1.26. The molecule has 0 aliphatic carbocycles. The molecular weight excluding hydrogens is 160 g/mol. The van der Waals surface area contributed by atoms with Gasteiger partial charge in [-0.15, -0.1) is 0 Å². The first kappa shape index (κ1) is 8.25. The number of carbonyl (C=O) groups excluding carboxylic acids is 1. The molecule has 1 rings (SSSR count). The fourth-order valence-corrected chi connectivity index (χ4v) is 0.665. The summed E-state index contributed by atoms with van der Waals surface area (Å²) in [6.45, 7) is 0. The monoisotopic (exact) mass is 168 g/mol. The number of esters is 1. The van der Waals surface area contributed by atoms with Gasteiger partial charge in [-0.05, 0) is 0 Å². The lowest BCUT2D eigenvalue weighted by Crippen LogP contribution is -2.10. The molecule has 0 spiro atoms. The fourth-order valence-electron chi connectivity index (χ4n) is 0.665. The molecule has 0 atom stereocenters. The second-order valence-corrected chi connectivity index (χ2v) is 2.02. The summed E-state index contributed by atoms with van der Waals surface area (Å²) in [7, 11) is 1.24. The molecule has 0 saturated carbocycles. The summed E-state index contributed by atoms with van der Waals surface area (Å²) >= 11 is 0. The van der Waals surface area contributed by atoms with E-state index in [9.17, 15) is 4.79 Å². The summed E-state index contributed by atoms with van der Waals surface area (Å²) in [5.41, 5.74) is 10.8. The molecule has 0 aliphatic rings. The van der Waals surface area contributed by atoms with Gasteiger partial charge in [0.25, 0.3) is 0 Å². The van der Waals surface area contributed by atoms with E-state index in [1.165, 1.54) is 13.3 Å². The highest BCUT2D eigenvalue weighted by molar-refractivity contribution is 5.92. The van der Waals surface area contributed by atoms with Crippen molar-refractivity contribution in [2.45, 2.75) is 0 Å². The lowest BCUT2D eigenvalue weighted by Gasteiger charge is -2.01. The van der Waals surface area contributed by atoms with E-state index in [1.807, 2.05) is 0 Å². The van der Waals surface area contributed by atoms with E-state index >= 15 is 0 Å². The zero-order chi connectivity index (χ0) is 9.14. The van der Waals surface area contributed by atoms with Gasteiger partial charge in [0.2, 0.25) is 5.95 Å². The summed E-state index contributed by atoms with van der Waals surface area (Å²) in [5, 5.41) is 0. The number of rotatable bonds is 1. The molecule has 0 unspecified atom stereocenters. The first-order valence-corrected chi connectivity index (χ1v) is 3.11. The molecule has 4 N–H and O–H groups in total. The van der Waals surface area contributed by atoms with Crippen LogP contribution >= 0.6 is 0 Å².